The molecule has 2 rings (SSSR count). The van der Waals surface area contributed by atoms with Crippen molar-refractivity contribution in [2.45, 2.75) is 26.3 Å². The van der Waals surface area contributed by atoms with Crippen LogP contribution in [0.4, 0.5) is 0 Å². The molecule has 0 saturated heterocycles. The molecule has 5 heteroatoms. The van der Waals surface area contributed by atoms with E-state index in [0.717, 1.165) is 42.2 Å². The number of aryl methyl sites for hydroxylation is 1. The number of imidazole rings is 1. The normalized spacial score (nSPS) is 11.6. The van der Waals surface area contributed by atoms with Gasteiger partial charge < -0.3 is 9.47 Å². The summed E-state index contributed by atoms with van der Waals surface area (Å²) in [6.45, 7) is 7.06. The number of aromatic nitrogens is 3. The monoisotopic (exact) mass is 266 g/mol. The smallest absolute Gasteiger partial charge is 0.160 e. The van der Waals surface area contributed by atoms with Gasteiger partial charge in [-0.05, 0) is 32.1 Å². The zero-order valence-electron chi connectivity index (χ0n) is 11.1. The van der Waals surface area contributed by atoms with Crippen LogP contribution in [0.15, 0.2) is 12.3 Å². The molecule has 0 aliphatic rings. The van der Waals surface area contributed by atoms with Crippen molar-refractivity contribution in [1.29, 1.82) is 0 Å². The Kier molecular flexibility index (Phi) is 4.19. The first-order chi connectivity index (χ1) is 8.65. The molecule has 0 fully saturated rings. The van der Waals surface area contributed by atoms with E-state index in [0.29, 0.717) is 5.88 Å². The molecule has 4 nitrogen and oxygen atoms in total. The number of fused-ring (bicyclic) bond motifs is 1. The lowest BCUT2D eigenvalue weighted by molar-refractivity contribution is 0.335. The molecule has 0 unspecified atom stereocenters. The van der Waals surface area contributed by atoms with Crippen LogP contribution in [0.2, 0.25) is 0 Å². The van der Waals surface area contributed by atoms with Crippen LogP contribution in [0.5, 0.6) is 0 Å². The average Bonchev–Trinajstić information content (AvgIpc) is 2.72. The number of halogens is 1. The second-order valence-corrected chi connectivity index (χ2v) is 4.83. The summed E-state index contributed by atoms with van der Waals surface area (Å²) in [6, 6.07) is 2.05. The molecule has 0 aliphatic heterocycles. The Morgan fingerprint density at radius 2 is 2.22 bits per heavy atom. The first-order valence-corrected chi connectivity index (χ1v) is 6.75. The van der Waals surface area contributed by atoms with E-state index in [1.54, 1.807) is 0 Å². The van der Waals surface area contributed by atoms with Gasteiger partial charge in [-0.1, -0.05) is 6.92 Å². The lowest BCUT2D eigenvalue weighted by Crippen LogP contribution is -2.23. The Bertz CT molecular complexity index is 535. The van der Waals surface area contributed by atoms with E-state index in [-0.39, 0.29) is 0 Å². The van der Waals surface area contributed by atoms with Crippen LogP contribution in [0.1, 0.15) is 18.3 Å². The lowest BCUT2D eigenvalue weighted by atomic mass is 10.3. The lowest BCUT2D eigenvalue weighted by Gasteiger charge is -2.15. The van der Waals surface area contributed by atoms with Crippen LogP contribution in [-0.4, -0.2) is 39.6 Å². The summed E-state index contributed by atoms with van der Waals surface area (Å²) in [7, 11) is 2.11. The topological polar surface area (TPSA) is 34.0 Å². The number of hydrogen-bond donors (Lipinski definition) is 0. The molecule has 0 N–H and O–H groups in total. The van der Waals surface area contributed by atoms with Gasteiger partial charge in [-0.15, -0.1) is 11.6 Å². The van der Waals surface area contributed by atoms with E-state index in [9.17, 15) is 0 Å². The zero-order valence-corrected chi connectivity index (χ0v) is 11.9. The first kappa shape index (κ1) is 13.3. The Hall–Kier alpha value is -1.13. The van der Waals surface area contributed by atoms with Crippen LogP contribution in [-0.2, 0) is 12.4 Å². The Morgan fingerprint density at radius 3 is 2.89 bits per heavy atom. The Morgan fingerprint density at radius 1 is 1.44 bits per heavy atom. The second-order valence-electron chi connectivity index (χ2n) is 4.56. The summed E-state index contributed by atoms with van der Waals surface area (Å²) >= 11 is 5.97. The number of hydrogen-bond acceptors (Lipinski definition) is 3. The minimum Gasteiger partial charge on any atom is -0.310 e. The van der Waals surface area contributed by atoms with E-state index in [2.05, 4.69) is 39.5 Å². The molecular weight excluding hydrogens is 248 g/mol. The SMILES string of the molecule is CCN(C)CCn1c(CCl)nc2cc(C)cnc21. The van der Waals surface area contributed by atoms with E-state index in [1.807, 2.05) is 13.1 Å². The number of nitrogens with zero attached hydrogens (tertiary/aromatic N) is 4. The van der Waals surface area contributed by atoms with Gasteiger partial charge in [0.15, 0.2) is 5.65 Å². The third-order valence-electron chi connectivity index (χ3n) is 3.17. The van der Waals surface area contributed by atoms with Crippen LogP contribution in [0.3, 0.4) is 0 Å². The van der Waals surface area contributed by atoms with Crippen LogP contribution in [0, 0.1) is 6.92 Å². The van der Waals surface area contributed by atoms with Crippen molar-refractivity contribution in [2.24, 2.45) is 0 Å². The van der Waals surface area contributed by atoms with Gasteiger partial charge in [0.2, 0.25) is 0 Å². The maximum atomic E-state index is 5.97. The van der Waals surface area contributed by atoms with Gasteiger partial charge in [0.1, 0.15) is 11.3 Å². The fraction of sp³-hybridized carbons (Fsp3) is 0.538. The summed E-state index contributed by atoms with van der Waals surface area (Å²) in [5, 5.41) is 0. The number of likely N-dealkylation sites (N-methyl/N-ethyl adjacent to an activating group) is 1. The van der Waals surface area contributed by atoms with Gasteiger partial charge in [0.05, 0.1) is 5.88 Å². The highest BCUT2D eigenvalue weighted by Crippen LogP contribution is 2.16. The van der Waals surface area contributed by atoms with Gasteiger partial charge in [0.25, 0.3) is 0 Å². The third kappa shape index (κ3) is 2.65. The number of alkyl halides is 1. The molecule has 0 saturated carbocycles. The maximum Gasteiger partial charge on any atom is 0.160 e. The van der Waals surface area contributed by atoms with Gasteiger partial charge in [-0.3, -0.25) is 0 Å². The fourth-order valence-electron chi connectivity index (χ4n) is 1.92. The highest BCUT2D eigenvalue weighted by Gasteiger charge is 2.11. The van der Waals surface area contributed by atoms with Crippen molar-refractivity contribution in [2.75, 3.05) is 20.1 Å². The van der Waals surface area contributed by atoms with Crippen LogP contribution in [0.25, 0.3) is 11.2 Å². The predicted octanol–water partition coefficient (Wildman–Crippen LogP) is 2.43. The minimum atomic E-state index is 0.422. The molecule has 0 amide bonds. The van der Waals surface area contributed by atoms with Gasteiger partial charge in [-0.2, -0.15) is 0 Å². The van der Waals surface area contributed by atoms with E-state index in [1.165, 1.54) is 0 Å². The zero-order chi connectivity index (χ0) is 13.1. The molecule has 0 bridgehead atoms. The van der Waals surface area contributed by atoms with E-state index in [4.69, 9.17) is 11.6 Å². The Balaban J connectivity index is 2.34. The van der Waals surface area contributed by atoms with Crippen molar-refractivity contribution >= 4 is 22.8 Å². The molecule has 0 aliphatic carbocycles. The highest BCUT2D eigenvalue weighted by atomic mass is 35.5. The first-order valence-electron chi connectivity index (χ1n) is 6.22. The maximum absolute atomic E-state index is 5.97. The van der Waals surface area contributed by atoms with Crippen LogP contribution >= 0.6 is 11.6 Å². The van der Waals surface area contributed by atoms with E-state index >= 15 is 0 Å². The molecule has 0 atom stereocenters. The van der Waals surface area contributed by atoms with Crippen molar-refractivity contribution in [3.05, 3.63) is 23.7 Å². The quantitative estimate of drug-likeness (QED) is 0.780. The summed E-state index contributed by atoms with van der Waals surface area (Å²) in [5.41, 5.74) is 2.99. The molecule has 0 aromatic carbocycles. The molecule has 18 heavy (non-hydrogen) atoms. The highest BCUT2D eigenvalue weighted by molar-refractivity contribution is 6.16. The predicted molar refractivity (Wildman–Crippen MR) is 75.0 cm³/mol. The third-order valence-corrected chi connectivity index (χ3v) is 3.40. The molecular formula is C13H19ClN4. The van der Waals surface area contributed by atoms with Gasteiger partial charge >= 0.3 is 0 Å². The Labute approximate surface area is 113 Å². The largest absolute Gasteiger partial charge is 0.310 e. The number of pyridine rings is 1. The fourth-order valence-corrected chi connectivity index (χ4v) is 2.13. The van der Waals surface area contributed by atoms with Crippen LogP contribution < -0.4 is 0 Å². The minimum absolute atomic E-state index is 0.422. The average molecular weight is 267 g/mol. The second kappa shape index (κ2) is 5.67. The molecule has 2 aromatic rings. The molecule has 98 valence electrons. The summed E-state index contributed by atoms with van der Waals surface area (Å²) in [5.74, 6) is 1.32. The summed E-state index contributed by atoms with van der Waals surface area (Å²) in [6.07, 6.45) is 1.88. The van der Waals surface area contributed by atoms with Crippen molar-refractivity contribution < 1.29 is 0 Å². The van der Waals surface area contributed by atoms with Crippen molar-refractivity contribution in [3.8, 4) is 0 Å². The van der Waals surface area contributed by atoms with Crippen molar-refractivity contribution in [1.82, 2.24) is 19.4 Å². The standard InChI is InChI=1S/C13H19ClN4/c1-4-17(3)5-6-18-12(8-14)16-11-7-10(2)9-15-13(11)18/h7,9H,4-6,8H2,1-3H3. The summed E-state index contributed by atoms with van der Waals surface area (Å²) < 4.78 is 2.12. The summed E-state index contributed by atoms with van der Waals surface area (Å²) in [4.78, 5) is 11.3. The van der Waals surface area contributed by atoms with E-state index < -0.39 is 0 Å². The van der Waals surface area contributed by atoms with Gasteiger partial charge in [0, 0.05) is 19.3 Å². The van der Waals surface area contributed by atoms with Gasteiger partial charge in [-0.25, -0.2) is 9.97 Å². The molecule has 0 radical (unpaired) electrons. The number of rotatable bonds is 5. The van der Waals surface area contributed by atoms with Crippen molar-refractivity contribution in [3.63, 3.8) is 0 Å². The molecule has 0 spiro atoms. The molecule has 2 aromatic heterocycles. The molecule has 2 heterocycles.